The molecule has 296 valence electrons. The van der Waals surface area contributed by atoms with Gasteiger partial charge in [0.2, 0.25) is 0 Å². The van der Waals surface area contributed by atoms with Crippen LogP contribution in [0.15, 0.2) is 90.5 Å². The lowest BCUT2D eigenvalue weighted by Gasteiger charge is -2.36. The minimum Gasteiger partial charge on any atom is -0.487 e. The lowest BCUT2D eigenvalue weighted by molar-refractivity contribution is -0.159. The molecule has 13 heteroatoms. The van der Waals surface area contributed by atoms with Crippen LogP contribution in [0.5, 0.6) is 5.75 Å². The van der Waals surface area contributed by atoms with Crippen LogP contribution in [0.2, 0.25) is 0 Å². The number of carbonyl (C=O) groups excluding carboxylic acids is 1. The molecule has 1 N–H and O–H groups in total. The van der Waals surface area contributed by atoms with Crippen molar-refractivity contribution < 1.29 is 27.4 Å². The van der Waals surface area contributed by atoms with Crippen LogP contribution < -0.4 is 4.74 Å². The van der Waals surface area contributed by atoms with Crippen LogP contribution in [0.4, 0.5) is 13.2 Å². The Morgan fingerprint density at radius 2 is 1.46 bits per heavy atom. The number of aromatic nitrogens is 6. The van der Waals surface area contributed by atoms with Gasteiger partial charge in [0, 0.05) is 56.3 Å². The fourth-order valence-corrected chi connectivity index (χ4v) is 8.62. The average Bonchev–Trinajstić information content (AvgIpc) is 3.82. The Morgan fingerprint density at radius 3 is 2.04 bits per heavy atom. The second-order valence-electron chi connectivity index (χ2n) is 15.7. The van der Waals surface area contributed by atoms with Crippen molar-refractivity contribution in [1.29, 1.82) is 0 Å². The van der Waals surface area contributed by atoms with Crippen LogP contribution in [0.25, 0.3) is 22.0 Å². The zero-order valence-corrected chi connectivity index (χ0v) is 33.4. The topological polar surface area (TPSA) is 116 Å². The van der Waals surface area contributed by atoms with E-state index in [1.165, 1.54) is 12.3 Å². The molecule has 1 aliphatic rings. The summed E-state index contributed by atoms with van der Waals surface area (Å²) in [7, 11) is 0. The third-order valence-corrected chi connectivity index (χ3v) is 11.5. The van der Waals surface area contributed by atoms with E-state index < -0.39 is 17.3 Å². The van der Waals surface area contributed by atoms with Crippen LogP contribution in [-0.2, 0) is 35.3 Å². The van der Waals surface area contributed by atoms with Gasteiger partial charge < -0.3 is 14.5 Å². The van der Waals surface area contributed by atoms with Crippen molar-refractivity contribution in [2.45, 2.75) is 102 Å². The number of rotatable bonds is 12. The molecule has 57 heavy (non-hydrogen) atoms. The molecule has 7 rings (SSSR count). The number of aromatic amines is 1. The van der Waals surface area contributed by atoms with Crippen molar-refractivity contribution in [3.05, 3.63) is 125 Å². The van der Waals surface area contributed by atoms with Gasteiger partial charge in [-0.3, -0.25) is 29.7 Å². The molecule has 0 saturated heterocycles. The van der Waals surface area contributed by atoms with Crippen LogP contribution in [0, 0.1) is 19.3 Å². The fraction of sp³-hybridized carbons (Fsp3) is 0.364. The van der Waals surface area contributed by atoms with Crippen LogP contribution in [-0.4, -0.2) is 40.6 Å². The highest BCUT2D eigenvalue weighted by Crippen LogP contribution is 2.55. The first-order chi connectivity index (χ1) is 27.2. The normalized spacial score (nSPS) is 14.8. The first-order valence-electron chi connectivity index (χ1n) is 19.0. The van der Waals surface area contributed by atoms with E-state index in [-0.39, 0.29) is 29.8 Å². The predicted octanol–water partition coefficient (Wildman–Crippen LogP) is 10.5. The van der Waals surface area contributed by atoms with E-state index in [1.54, 1.807) is 36.5 Å². The molecular formula is C44H45F3N6O3S. The number of alkyl halides is 3. The quantitative estimate of drug-likeness (QED) is 0.0955. The van der Waals surface area contributed by atoms with Gasteiger partial charge >= 0.3 is 12.1 Å². The van der Waals surface area contributed by atoms with E-state index in [2.05, 4.69) is 50.7 Å². The molecule has 1 aliphatic carbocycles. The number of H-pyrrole nitrogens is 1. The standard InChI is InChI=1S/C44H45F3N6O3S/c1-27-20-50-32(23-48-27)25-55-34-13-14-37-35(19-34)40(57-42(3,4)5)39(53-37)36(43(16-6-7-17-43)41(54)56-26-33-24-49-28(2)21-51-33)18-29-8-10-30(11-9-29)31-12-15-38(52-22-31)44(45,46)47/h8-15,19-24,36,53H,6-7,16-18,25-26H2,1-5H3. The number of aryl methyl sites for hydroxylation is 2. The summed E-state index contributed by atoms with van der Waals surface area (Å²) in [6, 6.07) is 16.2. The number of hydrogen-bond acceptors (Lipinski definition) is 9. The number of ether oxygens (including phenoxy) is 2. The summed E-state index contributed by atoms with van der Waals surface area (Å²) in [6.07, 6.45) is 7.00. The van der Waals surface area contributed by atoms with Gasteiger partial charge in [0.1, 0.15) is 24.7 Å². The van der Waals surface area contributed by atoms with E-state index in [4.69, 9.17) is 9.47 Å². The SMILES string of the molecule is Cc1cnc(COC(=O)C2(C(Cc3ccc(-c4ccc(C(F)(F)F)nc4)cc3)c3[nH]c4ccc(OCc5cnc(C)cn5)cc4c3SC(C)(C)C)CCCC2)cn1. The Bertz CT molecular complexity index is 2320. The number of fused-ring (bicyclic) bond motifs is 1. The van der Waals surface area contributed by atoms with Gasteiger partial charge in [-0.1, -0.05) is 63.9 Å². The number of benzene rings is 2. The summed E-state index contributed by atoms with van der Waals surface area (Å²) in [4.78, 5) is 40.6. The number of hydrogen-bond donors (Lipinski definition) is 1. The molecule has 0 radical (unpaired) electrons. The molecule has 1 saturated carbocycles. The number of carbonyl (C=O) groups is 1. The second-order valence-corrected chi connectivity index (χ2v) is 17.5. The van der Waals surface area contributed by atoms with E-state index in [9.17, 15) is 18.0 Å². The number of nitrogens with zero attached hydrogens (tertiary/aromatic N) is 5. The van der Waals surface area contributed by atoms with Crippen molar-refractivity contribution in [2.24, 2.45) is 5.41 Å². The van der Waals surface area contributed by atoms with Crippen LogP contribution in [0.3, 0.4) is 0 Å². The monoisotopic (exact) mass is 794 g/mol. The number of thioether (sulfide) groups is 1. The van der Waals surface area contributed by atoms with Crippen molar-refractivity contribution >= 4 is 28.6 Å². The number of pyridine rings is 1. The zero-order valence-electron chi connectivity index (χ0n) is 32.6. The van der Waals surface area contributed by atoms with E-state index in [0.717, 1.165) is 68.6 Å². The number of esters is 1. The summed E-state index contributed by atoms with van der Waals surface area (Å²) in [5.74, 6) is 0.0957. The molecule has 1 fully saturated rings. The maximum atomic E-state index is 14.6. The third-order valence-electron chi connectivity index (χ3n) is 10.3. The van der Waals surface area contributed by atoms with Crippen molar-refractivity contribution in [1.82, 2.24) is 29.9 Å². The molecule has 0 spiro atoms. The predicted molar refractivity (Wildman–Crippen MR) is 214 cm³/mol. The highest BCUT2D eigenvalue weighted by molar-refractivity contribution is 8.00. The summed E-state index contributed by atoms with van der Waals surface area (Å²) < 4.78 is 51.8. The van der Waals surface area contributed by atoms with Crippen LogP contribution >= 0.6 is 11.8 Å². The Labute approximate surface area is 334 Å². The molecule has 4 aromatic heterocycles. The zero-order chi connectivity index (χ0) is 40.4. The molecular weight excluding hydrogens is 750 g/mol. The first-order valence-corrected chi connectivity index (χ1v) is 19.8. The Kier molecular flexibility index (Phi) is 11.4. The van der Waals surface area contributed by atoms with Crippen molar-refractivity contribution in [3.8, 4) is 16.9 Å². The van der Waals surface area contributed by atoms with Gasteiger partial charge in [-0.2, -0.15) is 13.2 Å². The van der Waals surface area contributed by atoms with Gasteiger partial charge in [-0.05, 0) is 68.5 Å². The maximum absolute atomic E-state index is 14.6. The van der Waals surface area contributed by atoms with Gasteiger partial charge in [0.25, 0.3) is 0 Å². The Balaban J connectivity index is 1.28. The summed E-state index contributed by atoms with van der Waals surface area (Å²) in [6.45, 7) is 10.5. The first kappa shape index (κ1) is 39.9. The summed E-state index contributed by atoms with van der Waals surface area (Å²) in [5.41, 5.74) is 5.28. The molecule has 0 aliphatic heterocycles. The lowest BCUT2D eigenvalue weighted by Crippen LogP contribution is -2.38. The second kappa shape index (κ2) is 16.3. The minimum atomic E-state index is -4.51. The van der Waals surface area contributed by atoms with E-state index >= 15 is 0 Å². The van der Waals surface area contributed by atoms with Gasteiger partial charge in [0.15, 0.2) is 0 Å². The molecule has 0 amide bonds. The number of halogens is 3. The molecule has 4 heterocycles. The average molecular weight is 795 g/mol. The summed E-state index contributed by atoms with van der Waals surface area (Å²) in [5, 5.41) is 0.990. The molecule has 6 aromatic rings. The number of nitrogens with one attached hydrogen (secondary N) is 1. The highest BCUT2D eigenvalue weighted by atomic mass is 32.2. The maximum Gasteiger partial charge on any atom is 0.433 e. The minimum absolute atomic E-state index is 0.0127. The third kappa shape index (κ3) is 9.30. The Morgan fingerprint density at radius 1 is 0.807 bits per heavy atom. The van der Waals surface area contributed by atoms with Gasteiger partial charge in [-0.25, -0.2) is 0 Å². The smallest absolute Gasteiger partial charge is 0.433 e. The summed E-state index contributed by atoms with van der Waals surface area (Å²) >= 11 is 1.74. The molecule has 2 aromatic carbocycles. The lowest BCUT2D eigenvalue weighted by atomic mass is 9.69. The van der Waals surface area contributed by atoms with Gasteiger partial charge in [-0.15, -0.1) is 11.8 Å². The molecule has 1 atom stereocenters. The van der Waals surface area contributed by atoms with E-state index in [1.807, 2.05) is 56.3 Å². The Hall–Kier alpha value is -5.30. The molecule has 9 nitrogen and oxygen atoms in total. The molecule has 0 bridgehead atoms. The largest absolute Gasteiger partial charge is 0.487 e. The van der Waals surface area contributed by atoms with Crippen molar-refractivity contribution in [2.75, 3.05) is 0 Å². The van der Waals surface area contributed by atoms with Crippen LogP contribution in [0.1, 0.15) is 92.1 Å². The molecule has 1 unspecified atom stereocenters. The van der Waals surface area contributed by atoms with Gasteiger partial charge in [0.05, 0.1) is 40.6 Å². The highest BCUT2D eigenvalue weighted by Gasteiger charge is 2.51. The van der Waals surface area contributed by atoms with E-state index in [0.29, 0.717) is 36.3 Å². The van der Waals surface area contributed by atoms with Crippen molar-refractivity contribution in [3.63, 3.8) is 0 Å². The fourth-order valence-electron chi connectivity index (χ4n) is 7.42.